The molecule has 0 saturated heterocycles. The van der Waals surface area contributed by atoms with Gasteiger partial charge in [-0.3, -0.25) is 0 Å². The molecular formula is C26H30Cl2OSi. The quantitative estimate of drug-likeness (QED) is 0.314. The van der Waals surface area contributed by atoms with Crippen LogP contribution in [0.5, 0.6) is 0 Å². The summed E-state index contributed by atoms with van der Waals surface area (Å²) in [6.07, 6.45) is 5.30. The fourth-order valence-electron chi connectivity index (χ4n) is 4.88. The molecule has 0 heterocycles. The molecule has 0 spiro atoms. The molecule has 158 valence electrons. The van der Waals surface area contributed by atoms with Crippen molar-refractivity contribution >= 4 is 43.7 Å². The van der Waals surface area contributed by atoms with Crippen molar-refractivity contribution in [3.63, 3.8) is 0 Å². The Bertz CT molecular complexity index is 1020. The van der Waals surface area contributed by atoms with Crippen LogP contribution < -0.4 is 0 Å². The first-order chi connectivity index (χ1) is 14.2. The van der Waals surface area contributed by atoms with Gasteiger partial charge in [-0.25, -0.2) is 0 Å². The van der Waals surface area contributed by atoms with E-state index in [2.05, 4.69) is 94.2 Å². The van der Waals surface area contributed by atoms with Crippen molar-refractivity contribution in [3.05, 3.63) is 81.9 Å². The molecule has 2 aliphatic carbocycles. The third kappa shape index (κ3) is 3.62. The van der Waals surface area contributed by atoms with Crippen LogP contribution in [0.1, 0.15) is 47.9 Å². The van der Waals surface area contributed by atoms with Gasteiger partial charge in [-0.1, -0.05) is 74.5 Å². The molecule has 0 bridgehead atoms. The smallest absolute Gasteiger partial charge is 0.184 e. The topological polar surface area (TPSA) is 9.23 Å². The van der Waals surface area contributed by atoms with Crippen molar-refractivity contribution in [1.82, 2.24) is 0 Å². The molecule has 2 aromatic rings. The Balaban J connectivity index is 1.78. The molecule has 2 aromatic carbocycles. The average Bonchev–Trinajstić information content (AvgIpc) is 3.21. The second-order valence-corrected chi connectivity index (χ2v) is 14.9. The number of allylic oxidation sites excluding steroid dienone is 1. The lowest BCUT2D eigenvalue weighted by atomic mass is 9.79. The lowest BCUT2D eigenvalue weighted by Gasteiger charge is -2.41. The van der Waals surface area contributed by atoms with Crippen LogP contribution in [0.15, 0.2) is 59.7 Å². The molecule has 0 amide bonds. The number of halogens is 2. The Kier molecular flexibility index (Phi) is 5.82. The number of rotatable bonds is 6. The van der Waals surface area contributed by atoms with E-state index in [4.69, 9.17) is 27.6 Å². The molecule has 0 saturated carbocycles. The van der Waals surface area contributed by atoms with Crippen molar-refractivity contribution in [3.8, 4) is 0 Å². The largest absolute Gasteiger partial charge is 0.412 e. The third-order valence-corrected chi connectivity index (χ3v) is 8.39. The van der Waals surface area contributed by atoms with E-state index >= 15 is 0 Å². The molecule has 4 unspecified atom stereocenters. The molecule has 4 rings (SSSR count). The summed E-state index contributed by atoms with van der Waals surface area (Å²) in [6, 6.07) is 16.9. The molecule has 2 aliphatic rings. The fraction of sp³-hybridized carbons (Fsp3) is 0.385. The minimum Gasteiger partial charge on any atom is -0.412 e. The SMILES string of the molecule is CCC(O[Si](C)(C)C)C1(Cl)C(C(C)C2=Cc3ccccc3C2Cl)=Cc2ccccc21. The summed E-state index contributed by atoms with van der Waals surface area (Å²) < 4.78 is 6.68. The van der Waals surface area contributed by atoms with E-state index in [-0.39, 0.29) is 17.4 Å². The van der Waals surface area contributed by atoms with Crippen molar-refractivity contribution in [2.45, 2.75) is 56.3 Å². The van der Waals surface area contributed by atoms with Crippen LogP contribution in [0.2, 0.25) is 19.6 Å². The number of fused-ring (bicyclic) bond motifs is 2. The molecule has 0 N–H and O–H groups in total. The normalized spacial score (nSPS) is 24.7. The Hall–Kier alpha value is -1.32. The van der Waals surface area contributed by atoms with Crippen LogP contribution in [-0.2, 0) is 9.30 Å². The zero-order valence-electron chi connectivity index (χ0n) is 18.4. The number of alkyl halides is 2. The lowest BCUT2D eigenvalue weighted by Crippen LogP contribution is -2.44. The van der Waals surface area contributed by atoms with Crippen LogP contribution in [0.4, 0.5) is 0 Å². The van der Waals surface area contributed by atoms with Gasteiger partial charge in [0.15, 0.2) is 8.32 Å². The first kappa shape index (κ1) is 21.9. The Morgan fingerprint density at radius 1 is 1.00 bits per heavy atom. The average molecular weight is 458 g/mol. The maximum atomic E-state index is 7.63. The van der Waals surface area contributed by atoms with Crippen molar-refractivity contribution in [2.75, 3.05) is 0 Å². The van der Waals surface area contributed by atoms with E-state index in [0.29, 0.717) is 0 Å². The Labute approximate surface area is 191 Å². The van der Waals surface area contributed by atoms with Gasteiger partial charge in [0.05, 0.1) is 11.5 Å². The van der Waals surface area contributed by atoms with Gasteiger partial charge in [-0.2, -0.15) is 0 Å². The van der Waals surface area contributed by atoms with E-state index in [1.165, 1.54) is 27.8 Å². The summed E-state index contributed by atoms with van der Waals surface area (Å²) in [5.41, 5.74) is 7.14. The molecular weight excluding hydrogens is 427 g/mol. The van der Waals surface area contributed by atoms with Gasteiger partial charge in [-0.05, 0) is 59.5 Å². The van der Waals surface area contributed by atoms with Crippen LogP contribution in [0.3, 0.4) is 0 Å². The maximum Gasteiger partial charge on any atom is 0.184 e. The zero-order chi connectivity index (χ0) is 21.7. The van der Waals surface area contributed by atoms with E-state index in [1.807, 2.05) is 0 Å². The number of hydrogen-bond acceptors (Lipinski definition) is 1. The van der Waals surface area contributed by atoms with Gasteiger partial charge in [-0.15, -0.1) is 23.2 Å². The highest BCUT2D eigenvalue weighted by Crippen LogP contribution is 2.56. The first-order valence-corrected chi connectivity index (χ1v) is 15.0. The second kappa shape index (κ2) is 7.98. The summed E-state index contributed by atoms with van der Waals surface area (Å²) in [5, 5.41) is -0.125. The highest BCUT2D eigenvalue weighted by atomic mass is 35.5. The number of hydrogen-bond donors (Lipinski definition) is 0. The minimum atomic E-state index is -1.79. The van der Waals surface area contributed by atoms with E-state index in [1.54, 1.807) is 0 Å². The summed E-state index contributed by atoms with van der Waals surface area (Å²) >= 11 is 14.6. The highest BCUT2D eigenvalue weighted by molar-refractivity contribution is 6.69. The van der Waals surface area contributed by atoms with Gasteiger partial charge in [0.1, 0.15) is 4.87 Å². The fourth-order valence-corrected chi connectivity index (χ4v) is 7.20. The zero-order valence-corrected chi connectivity index (χ0v) is 20.9. The molecule has 30 heavy (non-hydrogen) atoms. The van der Waals surface area contributed by atoms with E-state index < -0.39 is 13.2 Å². The van der Waals surface area contributed by atoms with Gasteiger partial charge in [0, 0.05) is 5.92 Å². The van der Waals surface area contributed by atoms with Crippen molar-refractivity contribution in [1.29, 1.82) is 0 Å². The second-order valence-electron chi connectivity index (χ2n) is 9.38. The van der Waals surface area contributed by atoms with Gasteiger partial charge in [0.2, 0.25) is 0 Å². The molecule has 0 fully saturated rings. The van der Waals surface area contributed by atoms with Crippen LogP contribution in [0.25, 0.3) is 12.2 Å². The molecule has 0 aromatic heterocycles. The first-order valence-electron chi connectivity index (χ1n) is 10.8. The van der Waals surface area contributed by atoms with Crippen LogP contribution in [0, 0.1) is 5.92 Å². The summed E-state index contributed by atoms with van der Waals surface area (Å²) in [4.78, 5) is -0.683. The lowest BCUT2D eigenvalue weighted by molar-refractivity contribution is 0.151. The monoisotopic (exact) mass is 456 g/mol. The van der Waals surface area contributed by atoms with Crippen LogP contribution >= 0.6 is 23.2 Å². The summed E-state index contributed by atoms with van der Waals surface area (Å²) in [6.45, 7) is 11.1. The van der Waals surface area contributed by atoms with Gasteiger partial charge < -0.3 is 4.43 Å². The standard InChI is InChI=1S/C26H30Cl2OSi/c1-6-24(29-30(3,4)5)26(28)22-14-10-8-12-19(22)16-23(26)17(2)21-15-18-11-7-9-13-20(18)25(21)27/h7-17,24-25H,6H2,1-5H3. The minimum absolute atomic E-state index is 0.0821. The Morgan fingerprint density at radius 3 is 2.27 bits per heavy atom. The van der Waals surface area contributed by atoms with Gasteiger partial charge in [0.25, 0.3) is 0 Å². The maximum absolute atomic E-state index is 7.63. The number of benzene rings is 2. The predicted molar refractivity (Wildman–Crippen MR) is 133 cm³/mol. The molecule has 4 atom stereocenters. The summed E-state index contributed by atoms with van der Waals surface area (Å²) in [5.74, 6) is 0.115. The van der Waals surface area contributed by atoms with E-state index in [9.17, 15) is 0 Å². The van der Waals surface area contributed by atoms with Gasteiger partial charge >= 0.3 is 0 Å². The third-order valence-electron chi connectivity index (χ3n) is 6.24. The van der Waals surface area contributed by atoms with E-state index in [0.717, 1.165) is 12.0 Å². The molecule has 0 radical (unpaired) electrons. The molecule has 0 aliphatic heterocycles. The predicted octanol–water partition coefficient (Wildman–Crippen LogP) is 8.16. The molecule has 4 heteroatoms. The van der Waals surface area contributed by atoms with Crippen molar-refractivity contribution < 1.29 is 4.43 Å². The Morgan fingerprint density at radius 2 is 1.63 bits per heavy atom. The molecule has 1 nitrogen and oxygen atoms in total. The van der Waals surface area contributed by atoms with Crippen molar-refractivity contribution in [2.24, 2.45) is 5.92 Å². The van der Waals surface area contributed by atoms with Crippen LogP contribution in [-0.4, -0.2) is 14.4 Å². The summed E-state index contributed by atoms with van der Waals surface area (Å²) in [7, 11) is -1.79. The highest BCUT2D eigenvalue weighted by Gasteiger charge is 2.50.